The summed E-state index contributed by atoms with van der Waals surface area (Å²) in [4.78, 5) is 0. The van der Waals surface area contributed by atoms with Crippen molar-refractivity contribution in [3.8, 4) is 22.3 Å². The number of aryl methyl sites for hydroxylation is 1. The summed E-state index contributed by atoms with van der Waals surface area (Å²) in [7, 11) is -1.15. The Morgan fingerprint density at radius 1 is 0.822 bits per heavy atom. The highest BCUT2D eigenvalue weighted by atomic mass is 28.2. The Morgan fingerprint density at radius 3 is 2.29 bits per heavy atom. The number of rotatable bonds is 3. The summed E-state index contributed by atoms with van der Waals surface area (Å²) in [5.74, 6) is 0.348. The van der Waals surface area contributed by atoms with Crippen LogP contribution >= 0.6 is 0 Å². The van der Waals surface area contributed by atoms with Gasteiger partial charge in [0.1, 0.15) is 0 Å². The fraction of sp³-hybridized carbons (Fsp3) is 0.341. The summed E-state index contributed by atoms with van der Waals surface area (Å²) < 4.78 is 0. The average Bonchev–Trinajstić information content (AvgIpc) is 3.75. The van der Waals surface area contributed by atoms with E-state index in [1.54, 1.807) is 32.6 Å². The lowest BCUT2D eigenvalue weighted by Crippen LogP contribution is -2.35. The summed E-state index contributed by atoms with van der Waals surface area (Å²) in [6, 6.07) is 26.5. The highest BCUT2D eigenvalue weighted by Gasteiger charge is 2.42. The van der Waals surface area contributed by atoms with Gasteiger partial charge in [-0.3, -0.25) is 0 Å². The summed E-state index contributed by atoms with van der Waals surface area (Å²) >= 11 is 0. The van der Waals surface area contributed by atoms with Crippen molar-refractivity contribution in [2.75, 3.05) is 0 Å². The Morgan fingerprint density at radius 2 is 1.58 bits per heavy atom. The smallest absolute Gasteiger partial charge is 0.0606 e. The van der Waals surface area contributed by atoms with E-state index in [2.05, 4.69) is 134 Å². The molecule has 226 valence electrons. The van der Waals surface area contributed by atoms with Crippen LogP contribution in [0.25, 0.3) is 28.3 Å². The van der Waals surface area contributed by atoms with Crippen molar-refractivity contribution in [3.05, 3.63) is 139 Å². The van der Waals surface area contributed by atoms with Gasteiger partial charge >= 0.3 is 0 Å². The zero-order valence-corrected chi connectivity index (χ0v) is 29.4. The van der Waals surface area contributed by atoms with Crippen LogP contribution in [0.1, 0.15) is 111 Å². The van der Waals surface area contributed by atoms with Gasteiger partial charge in [-0.25, -0.2) is 0 Å². The Labute approximate surface area is 272 Å². The van der Waals surface area contributed by atoms with Gasteiger partial charge in [0.2, 0.25) is 0 Å². The summed E-state index contributed by atoms with van der Waals surface area (Å²) in [5.41, 5.74) is 21.3. The van der Waals surface area contributed by atoms with Gasteiger partial charge in [-0.1, -0.05) is 134 Å². The number of hydrogen-bond acceptors (Lipinski definition) is 0. The third-order valence-electron chi connectivity index (χ3n) is 11.9. The fourth-order valence-electron chi connectivity index (χ4n) is 9.29. The first-order chi connectivity index (χ1) is 21.5. The zero-order chi connectivity index (χ0) is 31.4. The van der Waals surface area contributed by atoms with E-state index in [0.717, 1.165) is 6.42 Å². The molecule has 0 radical (unpaired) electrons. The van der Waals surface area contributed by atoms with E-state index >= 15 is 0 Å². The number of fused-ring (bicyclic) bond motifs is 5. The lowest BCUT2D eigenvalue weighted by Gasteiger charge is -2.33. The van der Waals surface area contributed by atoms with Crippen molar-refractivity contribution in [1.82, 2.24) is 0 Å². The van der Waals surface area contributed by atoms with Crippen molar-refractivity contribution in [1.29, 1.82) is 0 Å². The SMILES string of the molecule is CC1=CC(C)([si]2c(C3C(C)=Cc4c3cc3c(c4-c4ccc(C(C)(C)C)cc4)CCC3)ccc3c2Cc2ccccc2-3)C(C)=C1C. The average molecular weight is 603 g/mol. The van der Waals surface area contributed by atoms with Crippen LogP contribution in [-0.4, -0.2) is 8.40 Å². The Bertz CT molecular complexity index is 2020. The maximum Gasteiger partial charge on any atom is 0.0606 e. The first kappa shape index (κ1) is 28.9. The quantitative estimate of drug-likeness (QED) is 0.180. The summed E-state index contributed by atoms with van der Waals surface area (Å²) in [6.07, 6.45) is 9.99. The van der Waals surface area contributed by atoms with Crippen LogP contribution in [0.3, 0.4) is 0 Å². The molecule has 4 aliphatic carbocycles. The van der Waals surface area contributed by atoms with Crippen LogP contribution in [0.5, 0.6) is 0 Å². The molecule has 0 N–H and O–H groups in total. The predicted molar refractivity (Wildman–Crippen MR) is 195 cm³/mol. The molecule has 4 aromatic rings. The topological polar surface area (TPSA) is 0 Å². The molecular weight excluding hydrogens is 557 g/mol. The number of hydrogen-bond donors (Lipinski definition) is 0. The standard InChI is InChI=1S/C44H46Si/c1-26-22-37-38(23-31-13-11-15-35(31)42(37)30-16-18-33(19-17-30)43(5,6)7)41(26)39-21-20-36-34-14-10-9-12-32(34)24-40(36)45(39)44(8)25-27(2)28(3)29(44)4/h9-10,12,14,16-23,25,41H,11,13,15,24H2,1-8H3. The van der Waals surface area contributed by atoms with Gasteiger partial charge in [0, 0.05) is 11.0 Å². The van der Waals surface area contributed by atoms with Crippen LogP contribution in [0.4, 0.5) is 0 Å². The van der Waals surface area contributed by atoms with Gasteiger partial charge in [0.05, 0.1) is 8.40 Å². The van der Waals surface area contributed by atoms with Crippen molar-refractivity contribution in [2.45, 2.75) is 97.4 Å². The van der Waals surface area contributed by atoms with Crippen molar-refractivity contribution in [3.63, 3.8) is 0 Å². The predicted octanol–water partition coefficient (Wildman–Crippen LogP) is 11.3. The van der Waals surface area contributed by atoms with Crippen LogP contribution in [0, 0.1) is 0 Å². The largest absolute Gasteiger partial charge is 0.0705 e. The monoisotopic (exact) mass is 602 g/mol. The Balaban J connectivity index is 1.37. The van der Waals surface area contributed by atoms with Crippen LogP contribution in [0.15, 0.2) is 95.1 Å². The van der Waals surface area contributed by atoms with Gasteiger partial charge in [-0.2, -0.15) is 0 Å². The lowest BCUT2D eigenvalue weighted by molar-refractivity contribution is 0.590. The van der Waals surface area contributed by atoms with Gasteiger partial charge in [0.25, 0.3) is 0 Å². The molecule has 0 amide bonds. The minimum Gasteiger partial charge on any atom is -0.0705 e. The molecule has 0 bridgehead atoms. The molecule has 45 heavy (non-hydrogen) atoms. The molecule has 2 atom stereocenters. The Kier molecular flexibility index (Phi) is 6.40. The summed E-state index contributed by atoms with van der Waals surface area (Å²) in [5, 5.41) is 3.47. The molecule has 1 heteroatoms. The Hall–Kier alpha value is -3.55. The molecule has 0 aliphatic heterocycles. The highest BCUT2D eigenvalue weighted by molar-refractivity contribution is 6.62. The normalized spacial score (nSPS) is 21.5. The van der Waals surface area contributed by atoms with Crippen molar-refractivity contribution >= 4 is 14.5 Å². The molecule has 8 rings (SSSR count). The van der Waals surface area contributed by atoms with Gasteiger partial charge in [-0.05, 0) is 120 Å². The molecule has 3 aromatic carbocycles. The molecule has 0 saturated carbocycles. The van der Waals surface area contributed by atoms with E-state index in [-0.39, 0.29) is 10.5 Å². The van der Waals surface area contributed by atoms with E-state index in [4.69, 9.17) is 0 Å². The van der Waals surface area contributed by atoms with Crippen molar-refractivity contribution < 1.29 is 0 Å². The van der Waals surface area contributed by atoms with E-state index in [0.29, 0.717) is 5.92 Å². The maximum atomic E-state index is 2.65. The second kappa shape index (κ2) is 9.97. The maximum absolute atomic E-state index is 2.65. The van der Waals surface area contributed by atoms with Crippen LogP contribution in [0.2, 0.25) is 0 Å². The van der Waals surface area contributed by atoms with Crippen LogP contribution in [-0.2, 0) is 29.7 Å². The van der Waals surface area contributed by atoms with Gasteiger partial charge in [0.15, 0.2) is 0 Å². The van der Waals surface area contributed by atoms with Gasteiger partial charge < -0.3 is 0 Å². The number of benzene rings is 3. The fourth-order valence-corrected chi connectivity index (χ4v) is 13.6. The van der Waals surface area contributed by atoms with Crippen molar-refractivity contribution in [2.24, 2.45) is 0 Å². The summed E-state index contributed by atoms with van der Waals surface area (Å²) in [6.45, 7) is 19.0. The van der Waals surface area contributed by atoms with E-state index < -0.39 is 8.40 Å². The molecule has 0 spiro atoms. The molecular formula is C44H46Si. The molecule has 4 aliphatic rings. The molecule has 0 nitrogen and oxygen atoms in total. The second-order valence-corrected chi connectivity index (χ2v) is 18.5. The molecule has 2 unspecified atom stereocenters. The zero-order valence-electron chi connectivity index (χ0n) is 28.4. The van der Waals surface area contributed by atoms with Crippen LogP contribution < -0.4 is 0 Å². The number of allylic oxidation sites excluding steroid dienone is 5. The minimum atomic E-state index is -1.15. The van der Waals surface area contributed by atoms with E-state index in [1.165, 1.54) is 74.9 Å². The first-order valence-electron chi connectivity index (χ1n) is 17.1. The third-order valence-corrected chi connectivity index (χ3v) is 15.6. The first-order valence-corrected chi connectivity index (χ1v) is 18.6. The third kappa shape index (κ3) is 4.19. The highest BCUT2D eigenvalue weighted by Crippen LogP contribution is 2.52. The second-order valence-electron chi connectivity index (χ2n) is 15.6. The molecule has 1 heterocycles. The molecule has 1 aromatic heterocycles. The lowest BCUT2D eigenvalue weighted by atomic mass is 9.83. The minimum absolute atomic E-state index is 0.0624. The molecule has 0 saturated heterocycles. The van der Waals surface area contributed by atoms with E-state index in [1.807, 2.05) is 0 Å². The molecule has 0 fully saturated rings. The van der Waals surface area contributed by atoms with E-state index in [9.17, 15) is 0 Å². The van der Waals surface area contributed by atoms with Gasteiger partial charge in [-0.15, -0.1) is 0 Å².